The van der Waals surface area contributed by atoms with E-state index in [9.17, 15) is 13.2 Å². The number of anilines is 2. The molecule has 4 saturated carbocycles. The monoisotopic (exact) mass is 556 g/mol. The van der Waals surface area contributed by atoms with Crippen LogP contribution in [0.4, 0.5) is 11.4 Å². The molecule has 4 fully saturated rings. The van der Waals surface area contributed by atoms with Gasteiger partial charge in [0.15, 0.2) is 0 Å². The second-order valence-electron chi connectivity index (χ2n) is 12.9. The molecule has 3 aromatic carbocycles. The Kier molecular flexibility index (Phi) is 7.02. The Bertz CT molecular complexity index is 1440. The van der Waals surface area contributed by atoms with Crippen LogP contribution in [0.25, 0.3) is 0 Å². The zero-order valence-corrected chi connectivity index (χ0v) is 24.6. The molecule has 4 aliphatic rings. The van der Waals surface area contributed by atoms with Gasteiger partial charge in [0, 0.05) is 5.69 Å². The molecule has 1 N–H and O–H groups in total. The normalized spacial score (nSPS) is 25.2. The molecule has 4 aliphatic carbocycles. The molecule has 0 radical (unpaired) electrons. The van der Waals surface area contributed by atoms with Crippen molar-refractivity contribution < 1.29 is 13.2 Å². The minimum Gasteiger partial charge on any atom is -0.325 e. The van der Waals surface area contributed by atoms with Crippen molar-refractivity contribution in [1.29, 1.82) is 0 Å². The highest BCUT2D eigenvalue weighted by Gasteiger charge is 2.51. The number of nitrogens with one attached hydrogen (secondary N) is 1. The molecule has 7 rings (SSSR count). The van der Waals surface area contributed by atoms with Crippen molar-refractivity contribution in [2.45, 2.75) is 75.5 Å². The van der Waals surface area contributed by atoms with Crippen molar-refractivity contribution in [3.05, 3.63) is 89.5 Å². The molecule has 3 aromatic rings. The number of aryl methyl sites for hydroxylation is 1. The fraction of sp³-hybridized carbons (Fsp3) is 0.441. The van der Waals surface area contributed by atoms with Crippen LogP contribution in [0, 0.1) is 24.7 Å². The summed E-state index contributed by atoms with van der Waals surface area (Å²) in [5, 5.41) is 2.96. The van der Waals surface area contributed by atoms with Gasteiger partial charge in [0.1, 0.15) is 6.54 Å². The standard InChI is InChI=1S/C34H40N2O3S/c1-23(2)28-6-12-31(13-7-28)36(40(38,39)32-14-4-24(3)5-15-32)22-33(37)35-30-10-8-29(9-11-30)34-19-25-16-26(20-34)18-27(17-25)21-34/h4-15,23,25-27H,16-22H2,1-3H3,(H,35,37). The van der Waals surface area contributed by atoms with Crippen LogP contribution in [0.1, 0.15) is 75.0 Å². The first-order chi connectivity index (χ1) is 19.1. The van der Waals surface area contributed by atoms with E-state index in [1.165, 1.54) is 48.4 Å². The van der Waals surface area contributed by atoms with Crippen molar-refractivity contribution in [3.63, 3.8) is 0 Å². The van der Waals surface area contributed by atoms with Gasteiger partial charge >= 0.3 is 0 Å². The number of rotatable bonds is 8. The van der Waals surface area contributed by atoms with E-state index in [-0.39, 0.29) is 17.3 Å². The Labute approximate surface area is 239 Å². The lowest BCUT2D eigenvalue weighted by Crippen LogP contribution is -2.48. The van der Waals surface area contributed by atoms with Crippen LogP contribution in [0.3, 0.4) is 0 Å². The predicted octanol–water partition coefficient (Wildman–Crippen LogP) is 7.42. The molecular weight excluding hydrogens is 516 g/mol. The summed E-state index contributed by atoms with van der Waals surface area (Å²) >= 11 is 0. The Morgan fingerprint density at radius 3 is 1.93 bits per heavy atom. The predicted molar refractivity (Wildman–Crippen MR) is 161 cm³/mol. The van der Waals surface area contributed by atoms with Gasteiger partial charge in [-0.1, -0.05) is 55.8 Å². The van der Waals surface area contributed by atoms with E-state index in [4.69, 9.17) is 0 Å². The lowest BCUT2D eigenvalue weighted by molar-refractivity contribution is -0.114. The Morgan fingerprint density at radius 1 is 0.850 bits per heavy atom. The molecule has 0 saturated heterocycles. The summed E-state index contributed by atoms with van der Waals surface area (Å²) in [6.45, 7) is 5.80. The fourth-order valence-electron chi connectivity index (χ4n) is 7.88. The summed E-state index contributed by atoms with van der Waals surface area (Å²) in [6.07, 6.45) is 8.13. The van der Waals surface area contributed by atoms with Crippen molar-refractivity contribution in [2.24, 2.45) is 17.8 Å². The van der Waals surface area contributed by atoms with Crippen LogP contribution in [-0.4, -0.2) is 20.9 Å². The molecule has 4 bridgehead atoms. The van der Waals surface area contributed by atoms with E-state index < -0.39 is 10.0 Å². The summed E-state index contributed by atoms with van der Waals surface area (Å²) in [5.41, 5.74) is 4.96. The van der Waals surface area contributed by atoms with Gasteiger partial charge in [-0.05, 0) is 122 Å². The number of amides is 1. The maximum Gasteiger partial charge on any atom is 0.264 e. The third-order valence-corrected chi connectivity index (χ3v) is 11.4. The molecule has 6 heteroatoms. The minimum absolute atomic E-state index is 0.166. The van der Waals surface area contributed by atoms with E-state index in [0.717, 1.165) is 28.9 Å². The quantitative estimate of drug-likeness (QED) is 0.314. The molecule has 0 aromatic heterocycles. The molecule has 0 spiro atoms. The van der Waals surface area contributed by atoms with E-state index in [0.29, 0.717) is 22.7 Å². The Morgan fingerprint density at radius 2 is 1.40 bits per heavy atom. The molecule has 1 amide bonds. The SMILES string of the molecule is Cc1ccc(S(=O)(=O)N(CC(=O)Nc2ccc(C34CC5CC(CC(C5)C3)C4)cc2)c2ccc(C(C)C)cc2)cc1. The van der Waals surface area contributed by atoms with Gasteiger partial charge < -0.3 is 5.32 Å². The third-order valence-electron chi connectivity index (χ3n) is 9.56. The van der Waals surface area contributed by atoms with Gasteiger partial charge in [-0.25, -0.2) is 8.42 Å². The Hall–Kier alpha value is -3.12. The van der Waals surface area contributed by atoms with E-state index in [2.05, 4.69) is 31.3 Å². The summed E-state index contributed by atoms with van der Waals surface area (Å²) in [5.74, 6) is 2.58. The highest BCUT2D eigenvalue weighted by Crippen LogP contribution is 2.60. The molecule has 0 unspecified atom stereocenters. The second-order valence-corrected chi connectivity index (χ2v) is 14.8. The van der Waals surface area contributed by atoms with E-state index in [1.807, 2.05) is 31.2 Å². The summed E-state index contributed by atoms with van der Waals surface area (Å²) in [7, 11) is -3.95. The lowest BCUT2D eigenvalue weighted by atomic mass is 9.48. The van der Waals surface area contributed by atoms with Gasteiger partial charge in [-0.2, -0.15) is 0 Å². The first-order valence-electron chi connectivity index (χ1n) is 14.7. The van der Waals surface area contributed by atoms with Crippen LogP contribution in [-0.2, 0) is 20.2 Å². The second kappa shape index (κ2) is 10.4. The largest absolute Gasteiger partial charge is 0.325 e. The maximum absolute atomic E-state index is 13.7. The van der Waals surface area contributed by atoms with Crippen LogP contribution in [0.5, 0.6) is 0 Å². The third kappa shape index (κ3) is 5.18. The van der Waals surface area contributed by atoms with E-state index >= 15 is 0 Å². The lowest BCUT2D eigenvalue weighted by Gasteiger charge is -2.57. The number of carbonyl (C=O) groups excluding carboxylic acids is 1. The average molecular weight is 557 g/mol. The van der Waals surface area contributed by atoms with Crippen LogP contribution in [0.2, 0.25) is 0 Å². The van der Waals surface area contributed by atoms with Crippen LogP contribution < -0.4 is 9.62 Å². The first kappa shape index (κ1) is 27.1. The van der Waals surface area contributed by atoms with Gasteiger partial charge in [0.25, 0.3) is 10.0 Å². The fourth-order valence-corrected chi connectivity index (χ4v) is 9.30. The maximum atomic E-state index is 13.7. The number of hydrogen-bond acceptors (Lipinski definition) is 3. The van der Waals surface area contributed by atoms with Gasteiger partial charge in [-0.3, -0.25) is 9.10 Å². The van der Waals surface area contributed by atoms with Crippen molar-refractivity contribution >= 4 is 27.3 Å². The molecule has 0 atom stereocenters. The minimum atomic E-state index is -3.95. The number of benzene rings is 3. The van der Waals surface area contributed by atoms with Gasteiger partial charge in [0.05, 0.1) is 10.6 Å². The van der Waals surface area contributed by atoms with Crippen LogP contribution >= 0.6 is 0 Å². The average Bonchev–Trinajstić information content (AvgIpc) is 2.91. The smallest absolute Gasteiger partial charge is 0.264 e. The number of sulfonamides is 1. The first-order valence-corrected chi connectivity index (χ1v) is 16.1. The highest BCUT2D eigenvalue weighted by atomic mass is 32.2. The molecule has 0 heterocycles. The highest BCUT2D eigenvalue weighted by molar-refractivity contribution is 7.92. The molecule has 0 aliphatic heterocycles. The number of hydrogen-bond donors (Lipinski definition) is 1. The van der Waals surface area contributed by atoms with Crippen LogP contribution in [0.15, 0.2) is 77.7 Å². The molecule has 5 nitrogen and oxygen atoms in total. The zero-order valence-electron chi connectivity index (χ0n) is 23.8. The Balaban J connectivity index is 1.21. The summed E-state index contributed by atoms with van der Waals surface area (Å²) in [4.78, 5) is 13.5. The molecular formula is C34H40N2O3S. The van der Waals surface area contributed by atoms with Crippen molar-refractivity contribution in [2.75, 3.05) is 16.2 Å². The number of carbonyl (C=O) groups is 1. The van der Waals surface area contributed by atoms with E-state index in [1.54, 1.807) is 36.4 Å². The summed E-state index contributed by atoms with van der Waals surface area (Å²) < 4.78 is 28.7. The van der Waals surface area contributed by atoms with Crippen molar-refractivity contribution in [3.8, 4) is 0 Å². The van der Waals surface area contributed by atoms with Crippen molar-refractivity contribution in [1.82, 2.24) is 0 Å². The summed E-state index contributed by atoms with van der Waals surface area (Å²) in [6, 6.07) is 22.5. The topological polar surface area (TPSA) is 66.5 Å². The zero-order chi connectivity index (χ0) is 28.1. The van der Waals surface area contributed by atoms with Gasteiger partial charge in [0.2, 0.25) is 5.91 Å². The molecule has 210 valence electrons. The number of nitrogens with zero attached hydrogens (tertiary/aromatic N) is 1. The molecule has 40 heavy (non-hydrogen) atoms. The van der Waals surface area contributed by atoms with Gasteiger partial charge in [-0.15, -0.1) is 0 Å².